The van der Waals surface area contributed by atoms with Gasteiger partial charge in [-0.25, -0.2) is 4.79 Å². The van der Waals surface area contributed by atoms with Gasteiger partial charge in [0, 0.05) is 18.6 Å². The number of allylic oxidation sites excluding steroid dienone is 1. The summed E-state index contributed by atoms with van der Waals surface area (Å²) in [6, 6.07) is 0. The molecule has 1 atom stereocenters. The predicted octanol–water partition coefficient (Wildman–Crippen LogP) is 1.41. The molecule has 78 valence electrons. The SMILES string of the molecule is O=C(OCCCO)C1=C2CCC(C2)C1. The van der Waals surface area contributed by atoms with Crippen LogP contribution in [0.4, 0.5) is 0 Å². The van der Waals surface area contributed by atoms with Crippen molar-refractivity contribution in [1.82, 2.24) is 0 Å². The first-order valence-electron chi connectivity index (χ1n) is 5.30. The third-order valence-corrected chi connectivity index (χ3v) is 3.09. The minimum atomic E-state index is -0.143. The first-order valence-corrected chi connectivity index (χ1v) is 5.30. The summed E-state index contributed by atoms with van der Waals surface area (Å²) < 4.78 is 5.06. The van der Waals surface area contributed by atoms with Crippen molar-refractivity contribution in [3.05, 3.63) is 11.1 Å². The van der Waals surface area contributed by atoms with Crippen LogP contribution in [0.2, 0.25) is 0 Å². The van der Waals surface area contributed by atoms with Gasteiger partial charge in [-0.2, -0.15) is 0 Å². The lowest BCUT2D eigenvalue weighted by molar-refractivity contribution is -0.139. The fourth-order valence-corrected chi connectivity index (χ4v) is 2.36. The predicted molar refractivity (Wildman–Crippen MR) is 51.6 cm³/mol. The molecule has 3 nitrogen and oxygen atoms in total. The maximum atomic E-state index is 11.5. The standard InChI is InChI=1S/C11H16O3/c12-4-1-5-14-11(13)10-7-8-2-3-9(10)6-8/h8,12H,1-7H2. The van der Waals surface area contributed by atoms with Gasteiger partial charge in [0.25, 0.3) is 0 Å². The van der Waals surface area contributed by atoms with Gasteiger partial charge < -0.3 is 9.84 Å². The van der Waals surface area contributed by atoms with Crippen LogP contribution in [0.15, 0.2) is 11.1 Å². The molecule has 0 radical (unpaired) electrons. The Kier molecular flexibility index (Phi) is 2.87. The quantitative estimate of drug-likeness (QED) is 0.546. The molecule has 0 heterocycles. The van der Waals surface area contributed by atoms with Crippen molar-refractivity contribution in [3.8, 4) is 0 Å². The molecule has 0 aromatic rings. The summed E-state index contributed by atoms with van der Waals surface area (Å²) >= 11 is 0. The van der Waals surface area contributed by atoms with Crippen molar-refractivity contribution in [2.24, 2.45) is 5.92 Å². The number of hydrogen-bond donors (Lipinski definition) is 1. The minimum Gasteiger partial charge on any atom is -0.462 e. The number of fused-ring (bicyclic) bond motifs is 2. The molecule has 1 unspecified atom stereocenters. The van der Waals surface area contributed by atoms with Crippen LogP contribution in [0, 0.1) is 5.92 Å². The van der Waals surface area contributed by atoms with Crippen LogP contribution in [0.1, 0.15) is 32.1 Å². The number of hydrogen-bond acceptors (Lipinski definition) is 3. The smallest absolute Gasteiger partial charge is 0.333 e. The van der Waals surface area contributed by atoms with Crippen molar-refractivity contribution in [2.75, 3.05) is 13.2 Å². The van der Waals surface area contributed by atoms with Gasteiger partial charge in [-0.1, -0.05) is 5.57 Å². The molecule has 0 aliphatic heterocycles. The highest BCUT2D eigenvalue weighted by atomic mass is 16.5. The van der Waals surface area contributed by atoms with E-state index in [-0.39, 0.29) is 12.6 Å². The van der Waals surface area contributed by atoms with E-state index in [0.29, 0.717) is 18.9 Å². The first kappa shape index (κ1) is 9.71. The summed E-state index contributed by atoms with van der Waals surface area (Å²) in [5.74, 6) is 0.570. The van der Waals surface area contributed by atoms with Gasteiger partial charge in [0.1, 0.15) is 0 Å². The lowest BCUT2D eigenvalue weighted by Crippen LogP contribution is -2.12. The molecule has 0 spiro atoms. The third-order valence-electron chi connectivity index (χ3n) is 3.09. The van der Waals surface area contributed by atoms with Crippen LogP contribution in [0.25, 0.3) is 0 Å². The van der Waals surface area contributed by atoms with Crippen LogP contribution in [-0.2, 0) is 9.53 Å². The van der Waals surface area contributed by atoms with Gasteiger partial charge >= 0.3 is 5.97 Å². The van der Waals surface area contributed by atoms with Crippen LogP contribution in [0.3, 0.4) is 0 Å². The van der Waals surface area contributed by atoms with Gasteiger partial charge in [0.2, 0.25) is 0 Å². The van der Waals surface area contributed by atoms with Gasteiger partial charge in [0.15, 0.2) is 0 Å². The normalized spacial score (nSPS) is 24.5. The number of aliphatic hydroxyl groups is 1. The average Bonchev–Trinajstić information content (AvgIpc) is 2.79. The van der Waals surface area contributed by atoms with E-state index in [4.69, 9.17) is 9.84 Å². The highest BCUT2D eigenvalue weighted by Gasteiger charge is 2.33. The Balaban J connectivity index is 1.86. The summed E-state index contributed by atoms with van der Waals surface area (Å²) in [5.41, 5.74) is 2.25. The Morgan fingerprint density at radius 2 is 2.36 bits per heavy atom. The van der Waals surface area contributed by atoms with Crippen molar-refractivity contribution in [3.63, 3.8) is 0 Å². The van der Waals surface area contributed by atoms with Crippen molar-refractivity contribution < 1.29 is 14.6 Å². The van der Waals surface area contributed by atoms with Crippen molar-refractivity contribution in [2.45, 2.75) is 32.1 Å². The Bertz CT molecular complexity index is 268. The summed E-state index contributed by atoms with van der Waals surface area (Å²) in [7, 11) is 0. The summed E-state index contributed by atoms with van der Waals surface area (Å²) in [6.07, 6.45) is 4.92. The van der Waals surface area contributed by atoms with Gasteiger partial charge in [-0.05, 0) is 31.6 Å². The summed E-state index contributed by atoms with van der Waals surface area (Å²) in [4.78, 5) is 11.5. The van der Waals surface area contributed by atoms with E-state index in [2.05, 4.69) is 0 Å². The maximum absolute atomic E-state index is 11.5. The van der Waals surface area contributed by atoms with Crippen molar-refractivity contribution in [1.29, 1.82) is 0 Å². The number of aliphatic hydroxyl groups excluding tert-OH is 1. The monoisotopic (exact) mass is 196 g/mol. The molecule has 14 heavy (non-hydrogen) atoms. The maximum Gasteiger partial charge on any atom is 0.333 e. The zero-order valence-electron chi connectivity index (χ0n) is 8.29. The summed E-state index contributed by atoms with van der Waals surface area (Å²) in [6.45, 7) is 0.429. The second-order valence-electron chi connectivity index (χ2n) is 4.11. The molecule has 0 saturated heterocycles. The number of carbonyl (C=O) groups excluding carboxylic acids is 1. The third kappa shape index (κ3) is 1.82. The van der Waals surface area contributed by atoms with E-state index in [9.17, 15) is 4.79 Å². The molecule has 1 saturated carbocycles. The highest BCUT2D eigenvalue weighted by Crippen LogP contribution is 2.44. The van der Waals surface area contributed by atoms with Crippen LogP contribution < -0.4 is 0 Å². The number of rotatable bonds is 4. The zero-order valence-corrected chi connectivity index (χ0v) is 8.29. The van der Waals surface area contributed by atoms with Crippen LogP contribution in [-0.4, -0.2) is 24.3 Å². The molecule has 0 aromatic heterocycles. The fraction of sp³-hybridized carbons (Fsp3) is 0.727. The Morgan fingerprint density at radius 3 is 2.93 bits per heavy atom. The van der Waals surface area contributed by atoms with E-state index in [1.807, 2.05) is 0 Å². The van der Waals surface area contributed by atoms with Crippen LogP contribution >= 0.6 is 0 Å². The Labute approximate surface area is 83.8 Å². The molecule has 3 heteroatoms. The van der Waals surface area contributed by atoms with Gasteiger partial charge in [0.05, 0.1) is 6.61 Å². The van der Waals surface area contributed by atoms with Crippen molar-refractivity contribution >= 4 is 5.97 Å². The molecule has 2 rings (SSSR count). The molecule has 0 amide bonds. The highest BCUT2D eigenvalue weighted by molar-refractivity contribution is 5.90. The van der Waals surface area contributed by atoms with E-state index in [1.165, 1.54) is 12.0 Å². The number of ether oxygens (including phenoxy) is 1. The Hall–Kier alpha value is -0.830. The average molecular weight is 196 g/mol. The second kappa shape index (κ2) is 4.13. The fourth-order valence-electron chi connectivity index (χ4n) is 2.36. The minimum absolute atomic E-state index is 0.0851. The Morgan fingerprint density at radius 1 is 1.50 bits per heavy atom. The van der Waals surface area contributed by atoms with Crippen LogP contribution in [0.5, 0.6) is 0 Å². The lowest BCUT2D eigenvalue weighted by atomic mass is 9.99. The molecule has 2 aliphatic carbocycles. The molecule has 2 bridgehead atoms. The zero-order chi connectivity index (χ0) is 9.97. The number of carbonyl (C=O) groups is 1. The first-order chi connectivity index (χ1) is 6.81. The molecular weight excluding hydrogens is 180 g/mol. The molecule has 1 fully saturated rings. The van der Waals surface area contributed by atoms with Gasteiger partial charge in [-0.3, -0.25) is 0 Å². The largest absolute Gasteiger partial charge is 0.462 e. The molecule has 2 aliphatic rings. The number of esters is 1. The molecule has 0 aromatic carbocycles. The summed E-state index contributed by atoms with van der Waals surface area (Å²) in [5, 5.41) is 8.55. The van der Waals surface area contributed by atoms with E-state index in [0.717, 1.165) is 24.8 Å². The van der Waals surface area contributed by atoms with E-state index < -0.39 is 0 Å². The van der Waals surface area contributed by atoms with E-state index >= 15 is 0 Å². The van der Waals surface area contributed by atoms with Gasteiger partial charge in [-0.15, -0.1) is 0 Å². The molecular formula is C11H16O3. The molecule has 1 N–H and O–H groups in total. The second-order valence-corrected chi connectivity index (χ2v) is 4.11. The lowest BCUT2D eigenvalue weighted by Gasteiger charge is -2.11. The topological polar surface area (TPSA) is 46.5 Å². The van der Waals surface area contributed by atoms with E-state index in [1.54, 1.807) is 0 Å².